The molecule has 0 spiro atoms. The Bertz CT molecular complexity index is 2420. The number of carbonyl (C=O) groups excluding carboxylic acids is 12. The number of hydrogen-bond acceptors (Lipinski definition) is 16. The lowest BCUT2D eigenvalue weighted by Crippen LogP contribution is -2.62. The van der Waals surface area contributed by atoms with Gasteiger partial charge in [-0.3, -0.25) is 52.7 Å². The number of aliphatic hydroxyl groups is 1. The van der Waals surface area contributed by atoms with E-state index in [1.807, 2.05) is 30.3 Å². The largest absolute Gasteiger partial charge is 0.458 e. The lowest BCUT2D eigenvalue weighted by molar-refractivity contribution is -0.157. The summed E-state index contributed by atoms with van der Waals surface area (Å²) in [5, 5.41) is 39.3. The first-order valence-corrected chi connectivity index (χ1v) is 29.7. The molecule has 85 heavy (non-hydrogen) atoms. The summed E-state index contributed by atoms with van der Waals surface area (Å²) in [5.41, 5.74) is 12.0. The van der Waals surface area contributed by atoms with Gasteiger partial charge in [-0.2, -0.15) is 0 Å². The second-order valence-electron chi connectivity index (χ2n) is 22.3. The van der Waals surface area contributed by atoms with Crippen LogP contribution in [0.3, 0.4) is 0 Å². The lowest BCUT2D eigenvalue weighted by atomic mass is 9.94. The number of nitrogens with one attached hydrogen (secondary N) is 11. The average molecular weight is 1200 g/mol. The van der Waals surface area contributed by atoms with Gasteiger partial charge in [0.2, 0.25) is 65.0 Å². The molecule has 1 saturated heterocycles. The molecule has 0 aliphatic carbocycles. The highest BCUT2D eigenvalue weighted by molar-refractivity contribution is 5.99. The number of benzene rings is 1. The maximum Gasteiger partial charge on any atom is 0.329 e. The zero-order valence-electron chi connectivity index (χ0n) is 51.5. The molecule has 11 amide bonds. The molecule has 1 aliphatic heterocycles. The average Bonchev–Trinajstić information content (AvgIpc) is 3.74. The Morgan fingerprint density at radius 2 is 1.12 bits per heavy atom. The van der Waals surface area contributed by atoms with E-state index in [1.54, 1.807) is 62.4 Å². The molecule has 0 saturated carbocycles. The van der Waals surface area contributed by atoms with Crippen LogP contribution in [0.1, 0.15) is 140 Å². The smallest absolute Gasteiger partial charge is 0.329 e. The minimum Gasteiger partial charge on any atom is -0.458 e. The predicted molar refractivity (Wildman–Crippen MR) is 315 cm³/mol. The Morgan fingerprint density at radius 1 is 0.612 bits per heavy atom. The Labute approximate surface area is 499 Å². The molecule has 478 valence electrons. The number of amides is 11. The number of likely N-dealkylation sites (N-methyl/N-ethyl adjacent to an activating group) is 1. The summed E-state index contributed by atoms with van der Waals surface area (Å²) in [7, 11) is 1.60. The summed E-state index contributed by atoms with van der Waals surface area (Å²) in [6.07, 6.45) is 0.806. The minimum atomic E-state index is -1.66. The molecule has 0 bridgehead atoms. The molecule has 2 rings (SSSR count). The zero-order valence-corrected chi connectivity index (χ0v) is 51.5. The summed E-state index contributed by atoms with van der Waals surface area (Å²) < 4.78 is 5.74. The topological polar surface area (TPSA) is 419 Å². The van der Waals surface area contributed by atoms with Crippen molar-refractivity contribution in [1.29, 1.82) is 0 Å². The van der Waals surface area contributed by atoms with E-state index in [-0.39, 0.29) is 12.8 Å². The van der Waals surface area contributed by atoms with Gasteiger partial charge in [-0.25, -0.2) is 4.79 Å². The number of esters is 1. The molecule has 1 fully saturated rings. The fourth-order valence-electron chi connectivity index (χ4n) is 9.03. The van der Waals surface area contributed by atoms with E-state index in [0.717, 1.165) is 5.56 Å². The number of rotatable bonds is 33. The molecule has 27 heteroatoms. The highest BCUT2D eigenvalue weighted by Crippen LogP contribution is 2.17. The molecule has 27 nitrogen and oxygen atoms in total. The second kappa shape index (κ2) is 37.2. The van der Waals surface area contributed by atoms with Crippen molar-refractivity contribution in [1.82, 2.24) is 58.5 Å². The van der Waals surface area contributed by atoms with Gasteiger partial charge in [0.15, 0.2) is 0 Å². The van der Waals surface area contributed by atoms with Crippen LogP contribution in [0.15, 0.2) is 30.3 Å². The maximum absolute atomic E-state index is 14.4. The van der Waals surface area contributed by atoms with E-state index < -0.39 is 180 Å². The van der Waals surface area contributed by atoms with E-state index in [2.05, 4.69) is 58.5 Å². The third-order valence-corrected chi connectivity index (χ3v) is 15.7. The molecule has 1 aliphatic rings. The van der Waals surface area contributed by atoms with Crippen molar-refractivity contribution in [3.05, 3.63) is 35.9 Å². The molecule has 0 radical (unpaired) electrons. The van der Waals surface area contributed by atoms with E-state index in [1.165, 1.54) is 20.8 Å². The number of unbranched alkanes of at least 4 members (excludes halogenated alkanes) is 1. The Balaban J connectivity index is 2.37. The third-order valence-electron chi connectivity index (χ3n) is 15.7. The molecule has 0 aromatic heterocycles. The molecule has 1 heterocycles. The van der Waals surface area contributed by atoms with Crippen molar-refractivity contribution in [2.75, 3.05) is 20.2 Å². The number of cyclic esters (lactones) is 1. The van der Waals surface area contributed by atoms with Gasteiger partial charge in [-0.05, 0) is 95.7 Å². The summed E-state index contributed by atoms with van der Waals surface area (Å²) in [6, 6.07) is -5.21. The third kappa shape index (κ3) is 23.6. The van der Waals surface area contributed by atoms with Gasteiger partial charge in [-0.1, -0.05) is 111 Å². The van der Waals surface area contributed by atoms with Crippen LogP contribution in [-0.4, -0.2) is 169 Å². The van der Waals surface area contributed by atoms with Crippen LogP contribution < -0.4 is 70.0 Å². The standard InChI is InChI=1S/C58H97N13O14/c1-13-30(5)43(54(80)62-35(10)49(75)71-47-36(11)85-58(84)46(33(8)16-4)70-50(76)38(24-20-21-27-59)64-48(74)34(9)63-57(47)83)69-56(82)45(32(7)15-3)67-51(77)39(25-26-42(60)73)65-53(79)41(29-72)66-55(81)44(31(6)14-2)68-52(78)40(61-12)28-37-22-18-17-19-23-37/h17-19,22-23,30-36,38-41,43-47,61,72H,13-16,20-21,24-29,59H2,1-12H3,(H2,60,73)(H,62,80)(H,63,83)(H,64,74)(H,65,79)(H,66,81)(H,67,77)(H,68,78)(H,69,82)(H,70,76)(H,71,75)/t30-,31-,32-,33-,34-,35-,36-,38-,39+,40+,41-,43-,44-,45+,46-,47+/m0/s1. The van der Waals surface area contributed by atoms with Crippen LogP contribution in [-0.2, 0) is 68.7 Å². The molecule has 1 aromatic carbocycles. The first-order chi connectivity index (χ1) is 40.1. The number of aliphatic hydroxyl groups excluding tert-OH is 1. The van der Waals surface area contributed by atoms with Crippen molar-refractivity contribution >= 4 is 70.9 Å². The van der Waals surface area contributed by atoms with E-state index in [0.29, 0.717) is 51.5 Å². The van der Waals surface area contributed by atoms with Crippen molar-refractivity contribution in [3.63, 3.8) is 0 Å². The second-order valence-corrected chi connectivity index (χ2v) is 22.3. The van der Waals surface area contributed by atoms with Gasteiger partial charge < -0.3 is 79.8 Å². The first-order valence-electron chi connectivity index (χ1n) is 29.7. The van der Waals surface area contributed by atoms with Gasteiger partial charge in [0.1, 0.15) is 66.5 Å². The van der Waals surface area contributed by atoms with Gasteiger partial charge in [0.25, 0.3) is 0 Å². The predicted octanol–water partition coefficient (Wildman–Crippen LogP) is -1.78. The molecular weight excluding hydrogens is 1100 g/mol. The van der Waals surface area contributed by atoms with Crippen LogP contribution in [0, 0.1) is 23.7 Å². The van der Waals surface area contributed by atoms with Crippen molar-refractivity contribution in [2.45, 2.75) is 213 Å². The summed E-state index contributed by atoms with van der Waals surface area (Å²) in [6.45, 7) is 17.2. The van der Waals surface area contributed by atoms with E-state index in [4.69, 9.17) is 16.2 Å². The highest BCUT2D eigenvalue weighted by Gasteiger charge is 2.40. The number of hydrogen-bond donors (Lipinski definition) is 14. The number of primary amides is 1. The van der Waals surface area contributed by atoms with Gasteiger partial charge in [0.05, 0.1) is 12.6 Å². The maximum atomic E-state index is 14.4. The monoisotopic (exact) mass is 1200 g/mol. The van der Waals surface area contributed by atoms with Crippen molar-refractivity contribution < 1.29 is 67.4 Å². The normalized spacial score (nSPS) is 21.5. The molecule has 0 unspecified atom stereocenters. The Morgan fingerprint density at radius 3 is 1.62 bits per heavy atom. The summed E-state index contributed by atoms with van der Waals surface area (Å²) in [4.78, 5) is 165. The highest BCUT2D eigenvalue weighted by atomic mass is 16.5. The minimum absolute atomic E-state index is 0.186. The fourth-order valence-corrected chi connectivity index (χ4v) is 9.03. The number of ether oxygens (including phenoxy) is 1. The first kappa shape index (κ1) is 73.8. The van der Waals surface area contributed by atoms with E-state index in [9.17, 15) is 62.6 Å². The van der Waals surface area contributed by atoms with Crippen LogP contribution in [0.5, 0.6) is 0 Å². The molecule has 16 N–H and O–H groups in total. The van der Waals surface area contributed by atoms with Gasteiger partial charge in [-0.15, -0.1) is 0 Å². The van der Waals surface area contributed by atoms with Crippen LogP contribution in [0.2, 0.25) is 0 Å². The zero-order chi connectivity index (χ0) is 64.2. The Hall–Kier alpha value is -7.26. The molecule has 16 atom stereocenters. The Kier molecular flexibility index (Phi) is 32.3. The molecular formula is C58H97N13O14. The van der Waals surface area contributed by atoms with E-state index >= 15 is 0 Å². The SMILES string of the molecule is CC[C@H](C)[C@H](NC(=O)[C@@H](Cc1ccccc1)NC)C(=O)N[C@@H](CO)C(=O)N[C@H](CCC(N)=O)C(=O)N[C@@H](C(=O)N[C@H](C(=O)N[C@@H](C)C(=O)N[C@H]1C(=O)N[C@@H](C)C(=O)N[C@@H](CCCCN)C(=O)N[C@@H]([C@@H](C)CC)C(=O)O[C@H]1C)[C@@H](C)CC)[C@@H](C)CC. The van der Waals surface area contributed by atoms with Gasteiger partial charge >= 0.3 is 5.97 Å². The fraction of sp³-hybridized carbons (Fsp3) is 0.690. The van der Waals surface area contributed by atoms with Crippen molar-refractivity contribution in [2.24, 2.45) is 35.1 Å². The number of nitrogens with two attached hydrogens (primary N) is 2. The quantitative estimate of drug-likeness (QED) is 0.0273. The van der Waals surface area contributed by atoms with Crippen LogP contribution in [0.25, 0.3) is 0 Å². The van der Waals surface area contributed by atoms with Crippen LogP contribution >= 0.6 is 0 Å². The molecule has 1 aromatic rings. The van der Waals surface area contributed by atoms with Gasteiger partial charge in [0, 0.05) is 6.42 Å². The van der Waals surface area contributed by atoms with Crippen LogP contribution in [0.4, 0.5) is 0 Å². The van der Waals surface area contributed by atoms with Crippen molar-refractivity contribution in [3.8, 4) is 0 Å². The summed E-state index contributed by atoms with van der Waals surface area (Å²) >= 11 is 0. The number of carbonyl (C=O) groups is 12. The summed E-state index contributed by atoms with van der Waals surface area (Å²) in [5.74, 6) is -12.1. The lowest BCUT2D eigenvalue weighted by Gasteiger charge is -2.31.